The number of nitrogens with one attached hydrogen (secondary N) is 1. The molecule has 1 heterocycles. The number of carbonyl (C=O) groups excluding carboxylic acids is 1. The molecule has 3 rings (SSSR count). The van der Waals surface area contributed by atoms with Gasteiger partial charge in [-0.2, -0.15) is 0 Å². The Kier molecular flexibility index (Phi) is 5.48. The molecule has 0 aromatic heterocycles. The van der Waals surface area contributed by atoms with Crippen LogP contribution in [-0.2, 0) is 10.0 Å². The first kappa shape index (κ1) is 19.3. The summed E-state index contributed by atoms with van der Waals surface area (Å²) in [5.74, 6) is -1.48. The van der Waals surface area contributed by atoms with Crippen LogP contribution in [0.1, 0.15) is 23.2 Å². The van der Waals surface area contributed by atoms with Crippen LogP contribution in [0.3, 0.4) is 0 Å². The molecule has 0 aliphatic carbocycles. The Balaban J connectivity index is 1.79. The Labute approximate surface area is 158 Å². The number of hydrogen-bond donors (Lipinski definition) is 1. The van der Waals surface area contributed by atoms with Gasteiger partial charge in [0.2, 0.25) is 10.0 Å². The third-order valence-electron chi connectivity index (χ3n) is 4.56. The molecule has 1 saturated heterocycles. The van der Waals surface area contributed by atoms with E-state index >= 15 is 0 Å². The summed E-state index contributed by atoms with van der Waals surface area (Å²) in [7, 11) is -1.01. The highest BCUT2D eigenvalue weighted by Crippen LogP contribution is 2.23. The van der Waals surface area contributed by atoms with E-state index in [0.29, 0.717) is 5.69 Å². The lowest BCUT2D eigenvalue weighted by Gasteiger charge is -2.18. The summed E-state index contributed by atoms with van der Waals surface area (Å²) < 4.78 is 39.5. The Bertz CT molecular complexity index is 937. The number of benzene rings is 2. The average Bonchev–Trinajstić information content (AvgIpc) is 3.17. The minimum atomic E-state index is -3.76. The zero-order valence-electron chi connectivity index (χ0n) is 15.3. The van der Waals surface area contributed by atoms with Crippen LogP contribution in [0.25, 0.3) is 0 Å². The van der Waals surface area contributed by atoms with Crippen molar-refractivity contribution in [1.82, 2.24) is 4.31 Å². The summed E-state index contributed by atoms with van der Waals surface area (Å²) in [6.45, 7) is 2.04. The number of amides is 1. The van der Waals surface area contributed by atoms with Gasteiger partial charge in [-0.05, 0) is 55.3 Å². The predicted molar refractivity (Wildman–Crippen MR) is 103 cm³/mol. The monoisotopic (exact) mass is 391 g/mol. The summed E-state index contributed by atoms with van der Waals surface area (Å²) in [5, 5.41) is 2.62. The fourth-order valence-electron chi connectivity index (χ4n) is 2.98. The molecule has 6 nitrogen and oxygen atoms in total. The van der Waals surface area contributed by atoms with Gasteiger partial charge in [0.15, 0.2) is 0 Å². The molecule has 0 atom stereocenters. The summed E-state index contributed by atoms with van der Waals surface area (Å²) in [5.41, 5.74) is 1.28. The molecule has 2 aromatic carbocycles. The van der Waals surface area contributed by atoms with Crippen molar-refractivity contribution in [3.05, 3.63) is 53.8 Å². The van der Waals surface area contributed by atoms with Crippen LogP contribution >= 0.6 is 0 Å². The van der Waals surface area contributed by atoms with Crippen molar-refractivity contribution in [3.8, 4) is 0 Å². The number of hydrogen-bond acceptors (Lipinski definition) is 4. The lowest BCUT2D eigenvalue weighted by Crippen LogP contribution is -2.23. The van der Waals surface area contributed by atoms with Crippen LogP contribution in [0.15, 0.2) is 47.4 Å². The second-order valence-corrected chi connectivity index (χ2v) is 8.78. The zero-order chi connectivity index (χ0) is 19.6. The number of carbonyl (C=O) groups is 1. The van der Waals surface area contributed by atoms with Gasteiger partial charge in [0, 0.05) is 38.6 Å². The molecule has 27 heavy (non-hydrogen) atoms. The van der Waals surface area contributed by atoms with Gasteiger partial charge in [0.25, 0.3) is 5.91 Å². The summed E-state index contributed by atoms with van der Waals surface area (Å²) in [4.78, 5) is 14.6. The highest BCUT2D eigenvalue weighted by molar-refractivity contribution is 7.89. The maximum Gasteiger partial charge on any atom is 0.258 e. The van der Waals surface area contributed by atoms with Crippen molar-refractivity contribution in [1.29, 1.82) is 0 Å². The van der Waals surface area contributed by atoms with E-state index in [9.17, 15) is 17.6 Å². The molecule has 1 N–H and O–H groups in total. The minimum absolute atomic E-state index is 0.136. The first-order valence-corrected chi connectivity index (χ1v) is 10.1. The van der Waals surface area contributed by atoms with Gasteiger partial charge < -0.3 is 10.2 Å². The molecule has 1 fully saturated rings. The maximum atomic E-state index is 14.1. The van der Waals surface area contributed by atoms with Crippen molar-refractivity contribution in [2.24, 2.45) is 0 Å². The Morgan fingerprint density at radius 3 is 2.30 bits per heavy atom. The normalized spacial score (nSPS) is 14.6. The van der Waals surface area contributed by atoms with Crippen LogP contribution in [0.5, 0.6) is 0 Å². The Hall–Kier alpha value is -2.45. The zero-order valence-corrected chi connectivity index (χ0v) is 16.1. The van der Waals surface area contributed by atoms with Gasteiger partial charge in [0.1, 0.15) is 5.82 Å². The number of rotatable bonds is 5. The smallest absolute Gasteiger partial charge is 0.258 e. The van der Waals surface area contributed by atoms with Crippen molar-refractivity contribution in [3.63, 3.8) is 0 Å². The first-order chi connectivity index (χ1) is 12.8. The molecular formula is C19H22FN3O3S. The standard InChI is InChI=1S/C19H22FN3O3S/c1-22(2)27(25,26)16-9-10-18(20)17(13-16)19(24)21-14-5-7-15(8-6-14)23-11-3-4-12-23/h5-10,13H,3-4,11-12H2,1-2H3,(H,21,24). The minimum Gasteiger partial charge on any atom is -0.372 e. The van der Waals surface area contributed by atoms with E-state index < -0.39 is 21.7 Å². The molecule has 0 spiro atoms. The second-order valence-electron chi connectivity index (χ2n) is 6.62. The fraction of sp³-hybridized carbons (Fsp3) is 0.316. The number of anilines is 2. The quantitative estimate of drug-likeness (QED) is 0.851. The molecule has 144 valence electrons. The SMILES string of the molecule is CN(C)S(=O)(=O)c1ccc(F)c(C(=O)Nc2ccc(N3CCCC3)cc2)c1. The number of sulfonamides is 1. The van der Waals surface area contributed by atoms with E-state index in [1.54, 1.807) is 12.1 Å². The summed E-state index contributed by atoms with van der Waals surface area (Å²) in [6.07, 6.45) is 2.34. The molecule has 0 bridgehead atoms. The number of nitrogens with zero attached hydrogens (tertiary/aromatic N) is 2. The molecular weight excluding hydrogens is 369 g/mol. The van der Waals surface area contributed by atoms with Crippen molar-refractivity contribution >= 4 is 27.3 Å². The van der Waals surface area contributed by atoms with Gasteiger partial charge >= 0.3 is 0 Å². The van der Waals surface area contributed by atoms with E-state index in [0.717, 1.165) is 41.3 Å². The van der Waals surface area contributed by atoms with Crippen LogP contribution < -0.4 is 10.2 Å². The second kappa shape index (κ2) is 7.66. The van der Waals surface area contributed by atoms with Crippen LogP contribution in [0.2, 0.25) is 0 Å². The average molecular weight is 391 g/mol. The van der Waals surface area contributed by atoms with E-state index in [-0.39, 0.29) is 10.5 Å². The fourth-order valence-corrected chi connectivity index (χ4v) is 3.91. The Morgan fingerprint density at radius 1 is 1.07 bits per heavy atom. The van der Waals surface area contributed by atoms with Gasteiger partial charge in [-0.1, -0.05) is 0 Å². The van der Waals surface area contributed by atoms with Crippen molar-refractivity contribution in [2.45, 2.75) is 17.7 Å². The third-order valence-corrected chi connectivity index (χ3v) is 6.37. The van der Waals surface area contributed by atoms with E-state index in [1.807, 2.05) is 12.1 Å². The number of halogens is 1. The molecule has 1 aliphatic heterocycles. The summed E-state index contributed by atoms with van der Waals surface area (Å²) in [6, 6.07) is 10.5. The largest absolute Gasteiger partial charge is 0.372 e. The molecule has 8 heteroatoms. The van der Waals surface area contributed by atoms with E-state index in [2.05, 4.69) is 10.2 Å². The molecule has 0 unspecified atom stereocenters. The van der Waals surface area contributed by atoms with Gasteiger partial charge in [-0.25, -0.2) is 17.1 Å². The molecule has 0 radical (unpaired) electrons. The molecule has 2 aromatic rings. The van der Waals surface area contributed by atoms with Gasteiger partial charge in [-0.15, -0.1) is 0 Å². The predicted octanol–water partition coefficient (Wildman–Crippen LogP) is 2.93. The highest BCUT2D eigenvalue weighted by Gasteiger charge is 2.21. The Morgan fingerprint density at radius 2 is 1.70 bits per heavy atom. The lowest BCUT2D eigenvalue weighted by atomic mass is 10.2. The first-order valence-electron chi connectivity index (χ1n) is 8.67. The van der Waals surface area contributed by atoms with E-state index in [4.69, 9.17) is 0 Å². The molecule has 1 amide bonds. The van der Waals surface area contributed by atoms with Crippen molar-refractivity contribution in [2.75, 3.05) is 37.4 Å². The highest BCUT2D eigenvalue weighted by atomic mass is 32.2. The summed E-state index contributed by atoms with van der Waals surface area (Å²) >= 11 is 0. The third kappa shape index (κ3) is 4.12. The topological polar surface area (TPSA) is 69.7 Å². The van der Waals surface area contributed by atoms with Crippen molar-refractivity contribution < 1.29 is 17.6 Å². The molecule has 0 saturated carbocycles. The van der Waals surface area contributed by atoms with Crippen LogP contribution in [0.4, 0.5) is 15.8 Å². The van der Waals surface area contributed by atoms with Gasteiger partial charge in [-0.3, -0.25) is 4.79 Å². The van der Waals surface area contributed by atoms with E-state index in [1.165, 1.54) is 26.9 Å². The lowest BCUT2D eigenvalue weighted by molar-refractivity contribution is 0.102. The molecule has 1 aliphatic rings. The van der Waals surface area contributed by atoms with Gasteiger partial charge in [0.05, 0.1) is 10.5 Å². The maximum absolute atomic E-state index is 14.1. The van der Waals surface area contributed by atoms with Crippen LogP contribution in [0, 0.1) is 5.82 Å². The van der Waals surface area contributed by atoms with Crippen LogP contribution in [-0.4, -0.2) is 45.8 Å².